The van der Waals surface area contributed by atoms with Crippen LogP contribution in [0.15, 0.2) is 30.3 Å². The lowest BCUT2D eigenvalue weighted by molar-refractivity contribution is -0.140. The van der Waals surface area contributed by atoms with E-state index in [0.29, 0.717) is 17.4 Å². The molecule has 2 rings (SSSR count). The van der Waals surface area contributed by atoms with Crippen molar-refractivity contribution >= 4 is 23.0 Å². The van der Waals surface area contributed by atoms with Gasteiger partial charge in [0.05, 0.1) is 35.3 Å². The molecule has 146 valence electrons. The second-order valence-electron chi connectivity index (χ2n) is 5.83. The molecule has 0 fully saturated rings. The largest absolute Gasteiger partial charge is 0.494 e. The quantitative estimate of drug-likeness (QED) is 0.757. The molecule has 1 amide bonds. The molecule has 0 radical (unpaired) electrons. The molecule has 0 atom stereocenters. The molecular formula is C18H19F4N3O2. The SMILES string of the molecule is CNc1cc(OC)c(NC(=O)c2cccc(C(F)(F)F)c2F)cc1N(C)C. The lowest BCUT2D eigenvalue weighted by atomic mass is 10.1. The minimum absolute atomic E-state index is 0.196. The van der Waals surface area contributed by atoms with Crippen molar-refractivity contribution in [3.63, 3.8) is 0 Å². The van der Waals surface area contributed by atoms with E-state index < -0.39 is 29.0 Å². The maximum Gasteiger partial charge on any atom is 0.419 e. The third-order valence-electron chi connectivity index (χ3n) is 3.87. The monoisotopic (exact) mass is 385 g/mol. The number of ether oxygens (including phenoxy) is 1. The number of nitrogens with one attached hydrogen (secondary N) is 2. The predicted molar refractivity (Wildman–Crippen MR) is 96.2 cm³/mol. The highest BCUT2D eigenvalue weighted by Crippen LogP contribution is 2.37. The molecule has 0 aliphatic carbocycles. The molecule has 2 aromatic rings. The van der Waals surface area contributed by atoms with Crippen molar-refractivity contribution in [1.82, 2.24) is 0 Å². The van der Waals surface area contributed by atoms with Gasteiger partial charge >= 0.3 is 6.18 Å². The molecule has 9 heteroatoms. The molecule has 0 heterocycles. The van der Waals surface area contributed by atoms with Crippen LogP contribution in [0.3, 0.4) is 0 Å². The first-order chi connectivity index (χ1) is 12.6. The zero-order valence-electron chi connectivity index (χ0n) is 15.2. The number of hydrogen-bond donors (Lipinski definition) is 2. The number of carbonyl (C=O) groups excluding carboxylic acids is 1. The Bertz CT molecular complexity index is 851. The second kappa shape index (κ2) is 7.73. The van der Waals surface area contributed by atoms with Gasteiger partial charge in [-0.05, 0) is 18.2 Å². The summed E-state index contributed by atoms with van der Waals surface area (Å²) in [6, 6.07) is 5.74. The number of carbonyl (C=O) groups is 1. The second-order valence-corrected chi connectivity index (χ2v) is 5.83. The van der Waals surface area contributed by atoms with E-state index in [9.17, 15) is 22.4 Å². The molecule has 0 saturated heterocycles. The first-order valence-corrected chi connectivity index (χ1v) is 7.84. The fourth-order valence-corrected chi connectivity index (χ4v) is 2.52. The Morgan fingerprint density at radius 1 is 1.15 bits per heavy atom. The number of nitrogens with zero attached hydrogens (tertiary/aromatic N) is 1. The summed E-state index contributed by atoms with van der Waals surface area (Å²) in [5.74, 6) is -2.37. The predicted octanol–water partition coefficient (Wildman–Crippen LogP) is 4.21. The van der Waals surface area contributed by atoms with Crippen molar-refractivity contribution in [3.05, 3.63) is 47.3 Å². The van der Waals surface area contributed by atoms with Gasteiger partial charge in [0.1, 0.15) is 11.6 Å². The fraction of sp³-hybridized carbons (Fsp3) is 0.278. The lowest BCUT2D eigenvalue weighted by Gasteiger charge is -2.21. The first-order valence-electron chi connectivity index (χ1n) is 7.84. The summed E-state index contributed by atoms with van der Waals surface area (Å²) in [5, 5.41) is 5.40. The molecule has 0 aliphatic heterocycles. The normalized spacial score (nSPS) is 11.1. The van der Waals surface area contributed by atoms with Crippen LogP contribution in [0.5, 0.6) is 5.75 Å². The number of methoxy groups -OCH3 is 1. The molecule has 0 spiro atoms. The van der Waals surface area contributed by atoms with Gasteiger partial charge in [-0.2, -0.15) is 13.2 Å². The van der Waals surface area contributed by atoms with E-state index in [4.69, 9.17) is 4.74 Å². The molecular weight excluding hydrogens is 366 g/mol. The minimum atomic E-state index is -4.90. The van der Waals surface area contributed by atoms with Gasteiger partial charge in [-0.15, -0.1) is 0 Å². The fourth-order valence-electron chi connectivity index (χ4n) is 2.52. The highest BCUT2D eigenvalue weighted by Gasteiger charge is 2.35. The van der Waals surface area contributed by atoms with Gasteiger partial charge in [0.2, 0.25) is 0 Å². The summed E-state index contributed by atoms with van der Waals surface area (Å²) in [5.41, 5.74) is -0.613. The van der Waals surface area contributed by atoms with Crippen molar-refractivity contribution in [3.8, 4) is 5.75 Å². The first kappa shape index (κ1) is 20.3. The highest BCUT2D eigenvalue weighted by atomic mass is 19.4. The smallest absolute Gasteiger partial charge is 0.419 e. The van der Waals surface area contributed by atoms with E-state index in [1.165, 1.54) is 7.11 Å². The Kier molecular flexibility index (Phi) is 5.82. The third-order valence-corrected chi connectivity index (χ3v) is 3.87. The van der Waals surface area contributed by atoms with Crippen LogP contribution in [0.4, 0.5) is 34.6 Å². The third kappa shape index (κ3) is 4.24. The van der Waals surface area contributed by atoms with Gasteiger partial charge in [0, 0.05) is 27.2 Å². The zero-order chi connectivity index (χ0) is 20.4. The maximum absolute atomic E-state index is 14.2. The summed E-state index contributed by atoms with van der Waals surface area (Å²) < 4.78 is 58.0. The Morgan fingerprint density at radius 2 is 1.81 bits per heavy atom. The van der Waals surface area contributed by atoms with E-state index in [-0.39, 0.29) is 11.4 Å². The number of alkyl halides is 3. The average Bonchev–Trinajstić information content (AvgIpc) is 2.60. The Hall–Kier alpha value is -2.97. The van der Waals surface area contributed by atoms with Crippen molar-refractivity contribution in [2.75, 3.05) is 43.8 Å². The van der Waals surface area contributed by atoms with Crippen LogP contribution in [-0.4, -0.2) is 34.2 Å². The molecule has 0 aliphatic rings. The van der Waals surface area contributed by atoms with Crippen molar-refractivity contribution in [2.45, 2.75) is 6.18 Å². The van der Waals surface area contributed by atoms with Crippen molar-refractivity contribution in [1.29, 1.82) is 0 Å². The van der Waals surface area contributed by atoms with Crippen LogP contribution in [0.25, 0.3) is 0 Å². The van der Waals surface area contributed by atoms with E-state index in [1.54, 1.807) is 38.2 Å². The van der Waals surface area contributed by atoms with Crippen LogP contribution < -0.4 is 20.3 Å². The Balaban J connectivity index is 2.46. The standard InChI is InChI=1S/C18H19F4N3O2/c1-23-12-9-15(27-4)13(8-14(12)25(2)3)24-17(26)10-6-5-7-11(16(10)19)18(20,21)22/h5-9,23H,1-4H3,(H,24,26). The van der Waals surface area contributed by atoms with Crippen LogP contribution in [-0.2, 0) is 6.18 Å². The molecule has 0 bridgehead atoms. The summed E-state index contributed by atoms with van der Waals surface area (Å²) >= 11 is 0. The molecule has 0 unspecified atom stereocenters. The zero-order valence-corrected chi connectivity index (χ0v) is 15.2. The minimum Gasteiger partial charge on any atom is -0.494 e. The summed E-state index contributed by atoms with van der Waals surface area (Å²) in [6.45, 7) is 0. The van der Waals surface area contributed by atoms with E-state index in [0.717, 1.165) is 12.1 Å². The van der Waals surface area contributed by atoms with Gasteiger partial charge < -0.3 is 20.3 Å². The van der Waals surface area contributed by atoms with Gasteiger partial charge in [-0.3, -0.25) is 4.79 Å². The molecule has 27 heavy (non-hydrogen) atoms. The van der Waals surface area contributed by atoms with E-state index >= 15 is 0 Å². The van der Waals surface area contributed by atoms with Crippen LogP contribution in [0.1, 0.15) is 15.9 Å². The Labute approximate surface area is 153 Å². The maximum atomic E-state index is 14.2. The van der Waals surface area contributed by atoms with Crippen molar-refractivity contribution in [2.24, 2.45) is 0 Å². The molecule has 0 aromatic heterocycles. The van der Waals surface area contributed by atoms with Crippen LogP contribution in [0, 0.1) is 5.82 Å². The molecule has 0 saturated carbocycles. The summed E-state index contributed by atoms with van der Waals surface area (Å²) in [4.78, 5) is 14.2. The number of halogens is 4. The molecule has 5 nitrogen and oxygen atoms in total. The number of amides is 1. The van der Waals surface area contributed by atoms with Gasteiger partial charge in [0.15, 0.2) is 0 Å². The van der Waals surface area contributed by atoms with E-state index in [2.05, 4.69) is 10.6 Å². The summed E-state index contributed by atoms with van der Waals surface area (Å²) in [6.07, 6.45) is -4.90. The lowest BCUT2D eigenvalue weighted by Crippen LogP contribution is -2.18. The van der Waals surface area contributed by atoms with Gasteiger partial charge in [0.25, 0.3) is 5.91 Å². The highest BCUT2D eigenvalue weighted by molar-refractivity contribution is 6.06. The average molecular weight is 385 g/mol. The van der Waals surface area contributed by atoms with Crippen molar-refractivity contribution < 1.29 is 27.1 Å². The van der Waals surface area contributed by atoms with E-state index in [1.807, 2.05) is 0 Å². The van der Waals surface area contributed by atoms with Gasteiger partial charge in [-0.1, -0.05) is 6.07 Å². The number of anilines is 3. The molecule has 2 aromatic carbocycles. The number of rotatable bonds is 5. The molecule has 2 N–H and O–H groups in total. The van der Waals surface area contributed by atoms with Gasteiger partial charge in [-0.25, -0.2) is 4.39 Å². The topological polar surface area (TPSA) is 53.6 Å². The van der Waals surface area contributed by atoms with Crippen LogP contribution >= 0.6 is 0 Å². The summed E-state index contributed by atoms with van der Waals surface area (Å²) in [7, 11) is 6.64. The Morgan fingerprint density at radius 3 is 2.33 bits per heavy atom. The van der Waals surface area contributed by atoms with Crippen LogP contribution in [0.2, 0.25) is 0 Å². The number of benzene rings is 2. The number of hydrogen-bond acceptors (Lipinski definition) is 4.